The standard InChI is InChI=1S/C16H22N2O3.ClH/c1-3-9-18(16(19)15-11-17-8-10-21-15)12-13-4-6-14(20-2)7-5-13;/h3-7,15,17H,1,8-12H2,2H3;1H. The van der Waals surface area contributed by atoms with Crippen molar-refractivity contribution < 1.29 is 14.3 Å². The van der Waals surface area contributed by atoms with Crippen LogP contribution in [0.3, 0.4) is 0 Å². The second kappa shape index (κ2) is 9.46. The van der Waals surface area contributed by atoms with Crippen molar-refractivity contribution in [3.63, 3.8) is 0 Å². The third-order valence-corrected chi connectivity index (χ3v) is 3.40. The number of amides is 1. The van der Waals surface area contributed by atoms with Crippen molar-refractivity contribution in [2.45, 2.75) is 12.6 Å². The monoisotopic (exact) mass is 326 g/mol. The minimum atomic E-state index is -0.406. The Morgan fingerprint density at radius 2 is 2.23 bits per heavy atom. The van der Waals surface area contributed by atoms with Crippen molar-refractivity contribution in [2.24, 2.45) is 0 Å². The van der Waals surface area contributed by atoms with Gasteiger partial charge in [0.1, 0.15) is 11.9 Å². The van der Waals surface area contributed by atoms with Gasteiger partial charge in [-0.15, -0.1) is 19.0 Å². The van der Waals surface area contributed by atoms with Gasteiger partial charge in [-0.2, -0.15) is 0 Å². The van der Waals surface area contributed by atoms with Gasteiger partial charge in [-0.25, -0.2) is 0 Å². The minimum absolute atomic E-state index is 0. The average Bonchev–Trinajstić information content (AvgIpc) is 2.55. The number of benzene rings is 1. The lowest BCUT2D eigenvalue weighted by Gasteiger charge is -2.29. The summed E-state index contributed by atoms with van der Waals surface area (Å²) in [5, 5.41) is 3.18. The third-order valence-electron chi connectivity index (χ3n) is 3.40. The Kier molecular flexibility index (Phi) is 7.95. The van der Waals surface area contributed by atoms with Crippen molar-refractivity contribution in [1.82, 2.24) is 10.2 Å². The van der Waals surface area contributed by atoms with E-state index in [1.54, 1.807) is 18.1 Å². The number of hydrogen-bond donors (Lipinski definition) is 1. The molecule has 1 aliphatic rings. The zero-order chi connectivity index (χ0) is 15.1. The molecule has 0 aliphatic carbocycles. The maximum Gasteiger partial charge on any atom is 0.253 e. The lowest BCUT2D eigenvalue weighted by molar-refractivity contribution is -0.145. The summed E-state index contributed by atoms with van der Waals surface area (Å²) in [6.45, 7) is 6.70. The van der Waals surface area contributed by atoms with Gasteiger partial charge in [0.05, 0.1) is 13.7 Å². The lowest BCUT2D eigenvalue weighted by Crippen LogP contribution is -2.49. The summed E-state index contributed by atoms with van der Waals surface area (Å²) in [5.74, 6) is 0.804. The number of carbonyl (C=O) groups is 1. The van der Waals surface area contributed by atoms with Gasteiger partial charge in [0, 0.05) is 26.2 Å². The molecule has 1 saturated heterocycles. The van der Waals surface area contributed by atoms with Crippen LogP contribution >= 0.6 is 12.4 Å². The van der Waals surface area contributed by atoms with Crippen LogP contribution in [0.15, 0.2) is 36.9 Å². The fourth-order valence-corrected chi connectivity index (χ4v) is 2.27. The number of rotatable bonds is 6. The number of halogens is 1. The Morgan fingerprint density at radius 3 is 2.77 bits per heavy atom. The van der Waals surface area contributed by atoms with Gasteiger partial charge in [-0.1, -0.05) is 18.2 Å². The van der Waals surface area contributed by atoms with Crippen molar-refractivity contribution >= 4 is 18.3 Å². The van der Waals surface area contributed by atoms with Crippen LogP contribution in [0.25, 0.3) is 0 Å². The van der Waals surface area contributed by atoms with Gasteiger partial charge < -0.3 is 19.7 Å². The second-order valence-electron chi connectivity index (χ2n) is 4.92. The van der Waals surface area contributed by atoms with Crippen molar-refractivity contribution in [3.05, 3.63) is 42.5 Å². The molecule has 1 unspecified atom stereocenters. The van der Waals surface area contributed by atoms with Crippen molar-refractivity contribution in [1.29, 1.82) is 0 Å². The molecule has 0 aromatic heterocycles. The van der Waals surface area contributed by atoms with E-state index in [4.69, 9.17) is 9.47 Å². The van der Waals surface area contributed by atoms with E-state index in [0.29, 0.717) is 26.2 Å². The zero-order valence-electron chi connectivity index (χ0n) is 12.8. The molecule has 6 heteroatoms. The highest BCUT2D eigenvalue weighted by atomic mass is 35.5. The van der Waals surface area contributed by atoms with E-state index in [1.165, 1.54) is 0 Å². The first-order valence-corrected chi connectivity index (χ1v) is 7.09. The van der Waals surface area contributed by atoms with Crippen molar-refractivity contribution in [2.75, 3.05) is 33.4 Å². The molecule has 1 fully saturated rings. The Bertz CT molecular complexity index is 473. The zero-order valence-corrected chi connectivity index (χ0v) is 13.6. The van der Waals surface area contributed by atoms with E-state index in [0.717, 1.165) is 17.9 Å². The highest BCUT2D eigenvalue weighted by molar-refractivity contribution is 5.85. The molecule has 1 heterocycles. The van der Waals surface area contributed by atoms with E-state index in [-0.39, 0.29) is 18.3 Å². The summed E-state index contributed by atoms with van der Waals surface area (Å²) in [6.07, 6.45) is 1.33. The van der Waals surface area contributed by atoms with E-state index < -0.39 is 6.10 Å². The van der Waals surface area contributed by atoms with Gasteiger partial charge in [-0.3, -0.25) is 4.79 Å². The van der Waals surface area contributed by atoms with Gasteiger partial charge in [0.2, 0.25) is 0 Å². The van der Waals surface area contributed by atoms with Gasteiger partial charge in [0.15, 0.2) is 0 Å². The first kappa shape index (κ1) is 18.5. The smallest absolute Gasteiger partial charge is 0.253 e. The molecule has 1 atom stereocenters. The highest BCUT2D eigenvalue weighted by Gasteiger charge is 2.26. The molecular formula is C16H23ClN2O3. The number of carbonyl (C=O) groups excluding carboxylic acids is 1. The summed E-state index contributed by atoms with van der Waals surface area (Å²) in [4.78, 5) is 14.3. The Labute approximate surface area is 137 Å². The summed E-state index contributed by atoms with van der Waals surface area (Å²) >= 11 is 0. The van der Waals surface area contributed by atoms with Gasteiger partial charge in [0.25, 0.3) is 5.91 Å². The SMILES string of the molecule is C=CCN(Cc1ccc(OC)cc1)C(=O)C1CNCCO1.Cl. The summed E-state index contributed by atoms with van der Waals surface area (Å²) in [5.41, 5.74) is 1.05. The molecule has 0 spiro atoms. The van der Waals surface area contributed by atoms with Crippen LogP contribution in [-0.4, -0.2) is 50.3 Å². The average molecular weight is 327 g/mol. The summed E-state index contributed by atoms with van der Waals surface area (Å²) in [7, 11) is 1.63. The number of morpholine rings is 1. The van der Waals surface area contributed by atoms with E-state index >= 15 is 0 Å². The molecule has 1 N–H and O–H groups in total. The predicted octanol–water partition coefficient (Wildman–Crippen LogP) is 1.62. The Balaban J connectivity index is 0.00000242. The molecule has 0 saturated carbocycles. The van der Waals surface area contributed by atoms with E-state index in [2.05, 4.69) is 11.9 Å². The Hall–Kier alpha value is -1.56. The number of hydrogen-bond acceptors (Lipinski definition) is 4. The van der Waals surface area contributed by atoms with Gasteiger partial charge >= 0.3 is 0 Å². The van der Waals surface area contributed by atoms with Crippen LogP contribution in [-0.2, 0) is 16.1 Å². The Morgan fingerprint density at radius 1 is 1.50 bits per heavy atom. The third kappa shape index (κ3) is 5.02. The molecule has 1 aliphatic heterocycles. The second-order valence-corrected chi connectivity index (χ2v) is 4.92. The fourth-order valence-electron chi connectivity index (χ4n) is 2.27. The molecular weight excluding hydrogens is 304 g/mol. The summed E-state index contributed by atoms with van der Waals surface area (Å²) in [6, 6.07) is 7.71. The summed E-state index contributed by atoms with van der Waals surface area (Å²) < 4.78 is 10.7. The first-order chi connectivity index (χ1) is 10.2. The molecule has 2 rings (SSSR count). The van der Waals surface area contributed by atoms with E-state index in [9.17, 15) is 4.79 Å². The van der Waals surface area contributed by atoms with Crippen LogP contribution in [0, 0.1) is 0 Å². The fraction of sp³-hybridized carbons (Fsp3) is 0.438. The number of methoxy groups -OCH3 is 1. The topological polar surface area (TPSA) is 50.8 Å². The maximum atomic E-state index is 12.5. The largest absolute Gasteiger partial charge is 0.497 e. The van der Waals surface area contributed by atoms with Crippen LogP contribution in [0.2, 0.25) is 0 Å². The normalized spacial score (nSPS) is 17.2. The molecule has 0 bridgehead atoms. The molecule has 1 amide bonds. The molecule has 1 aromatic carbocycles. The van der Waals surface area contributed by atoms with Crippen molar-refractivity contribution in [3.8, 4) is 5.75 Å². The first-order valence-electron chi connectivity index (χ1n) is 7.09. The number of ether oxygens (including phenoxy) is 2. The van der Waals surface area contributed by atoms with Crippen LogP contribution in [0.4, 0.5) is 0 Å². The highest BCUT2D eigenvalue weighted by Crippen LogP contribution is 2.14. The number of nitrogens with zero attached hydrogens (tertiary/aromatic N) is 1. The maximum absolute atomic E-state index is 12.5. The van der Waals surface area contributed by atoms with Crippen LogP contribution in [0.1, 0.15) is 5.56 Å². The van der Waals surface area contributed by atoms with Crippen LogP contribution in [0.5, 0.6) is 5.75 Å². The lowest BCUT2D eigenvalue weighted by atomic mass is 10.2. The molecule has 5 nitrogen and oxygen atoms in total. The molecule has 22 heavy (non-hydrogen) atoms. The van der Waals surface area contributed by atoms with E-state index in [1.807, 2.05) is 24.3 Å². The quantitative estimate of drug-likeness (QED) is 0.807. The molecule has 122 valence electrons. The minimum Gasteiger partial charge on any atom is -0.497 e. The molecule has 1 aromatic rings. The predicted molar refractivity (Wildman–Crippen MR) is 88.5 cm³/mol. The number of nitrogens with one attached hydrogen (secondary N) is 1. The van der Waals surface area contributed by atoms with Gasteiger partial charge in [-0.05, 0) is 17.7 Å². The molecule has 0 radical (unpaired) electrons. The van der Waals surface area contributed by atoms with Crippen LogP contribution < -0.4 is 10.1 Å².